The highest BCUT2D eigenvalue weighted by Gasteiger charge is 2.19. The number of anilines is 1. The zero-order valence-corrected chi connectivity index (χ0v) is 13.0. The molecule has 1 unspecified atom stereocenters. The zero-order chi connectivity index (χ0) is 15.2. The van der Waals surface area contributed by atoms with Crippen molar-refractivity contribution in [3.63, 3.8) is 0 Å². The monoisotopic (exact) mass is 291 g/mol. The molecule has 1 aliphatic heterocycles. The molecule has 1 aliphatic rings. The van der Waals surface area contributed by atoms with E-state index < -0.39 is 0 Å². The molecule has 1 saturated heterocycles. The van der Waals surface area contributed by atoms with Gasteiger partial charge in [-0.2, -0.15) is 0 Å². The summed E-state index contributed by atoms with van der Waals surface area (Å²) in [6.07, 6.45) is 4.74. The van der Waals surface area contributed by atoms with Crippen molar-refractivity contribution >= 4 is 11.4 Å². The lowest BCUT2D eigenvalue weighted by Crippen LogP contribution is -2.44. The van der Waals surface area contributed by atoms with Crippen LogP contribution in [-0.4, -0.2) is 30.6 Å². The van der Waals surface area contributed by atoms with Crippen LogP contribution >= 0.6 is 0 Å². The van der Waals surface area contributed by atoms with Crippen LogP contribution in [-0.2, 0) is 0 Å². The van der Waals surface area contributed by atoms with Gasteiger partial charge in [0.15, 0.2) is 0 Å². The maximum atomic E-state index is 11.1. The van der Waals surface area contributed by atoms with Crippen LogP contribution in [0.1, 0.15) is 38.2 Å². The Morgan fingerprint density at radius 2 is 2.24 bits per heavy atom. The Balaban J connectivity index is 2.16. The third-order valence-electron chi connectivity index (χ3n) is 4.10. The second-order valence-corrected chi connectivity index (χ2v) is 5.82. The predicted octanol–water partition coefficient (Wildman–Crippen LogP) is 3.26. The maximum Gasteiger partial charge on any atom is 0.274 e. The third kappa shape index (κ3) is 4.17. The van der Waals surface area contributed by atoms with E-state index in [2.05, 4.69) is 17.1 Å². The van der Waals surface area contributed by atoms with E-state index >= 15 is 0 Å². The number of nitro benzene ring substituents is 1. The van der Waals surface area contributed by atoms with Gasteiger partial charge in [-0.1, -0.05) is 19.4 Å². The number of nitro groups is 1. The van der Waals surface area contributed by atoms with Gasteiger partial charge in [-0.25, -0.2) is 0 Å². The average Bonchev–Trinajstić information content (AvgIpc) is 2.48. The van der Waals surface area contributed by atoms with Crippen molar-refractivity contribution < 1.29 is 4.92 Å². The number of hydrogen-bond donors (Lipinski definition) is 1. The first-order valence-corrected chi connectivity index (χ1v) is 7.85. The second-order valence-electron chi connectivity index (χ2n) is 5.82. The summed E-state index contributed by atoms with van der Waals surface area (Å²) < 4.78 is 0. The molecule has 1 aromatic rings. The van der Waals surface area contributed by atoms with Crippen molar-refractivity contribution in [1.82, 2.24) is 5.32 Å². The molecule has 116 valence electrons. The normalized spacial score (nSPS) is 18.5. The van der Waals surface area contributed by atoms with Gasteiger partial charge < -0.3 is 10.2 Å². The molecule has 1 N–H and O–H groups in total. The molecule has 0 aliphatic carbocycles. The molecule has 0 spiro atoms. The van der Waals surface area contributed by atoms with Gasteiger partial charge in [0.25, 0.3) is 5.69 Å². The summed E-state index contributed by atoms with van der Waals surface area (Å²) in [4.78, 5) is 13.1. The van der Waals surface area contributed by atoms with Crippen LogP contribution < -0.4 is 10.2 Å². The molecule has 0 radical (unpaired) electrons. The van der Waals surface area contributed by atoms with E-state index in [0.717, 1.165) is 37.3 Å². The summed E-state index contributed by atoms with van der Waals surface area (Å²) in [7, 11) is 0. The number of hydrogen-bond acceptors (Lipinski definition) is 4. The summed E-state index contributed by atoms with van der Waals surface area (Å²) in [6.45, 7) is 6.86. The first kappa shape index (κ1) is 15.8. The topological polar surface area (TPSA) is 58.4 Å². The molecular weight excluding hydrogens is 266 g/mol. The fourth-order valence-corrected chi connectivity index (χ4v) is 2.93. The van der Waals surface area contributed by atoms with Gasteiger partial charge in [0.1, 0.15) is 0 Å². The lowest BCUT2D eigenvalue weighted by molar-refractivity contribution is -0.385. The Morgan fingerprint density at radius 1 is 1.43 bits per heavy atom. The Bertz CT molecular complexity index is 484. The first-order chi connectivity index (χ1) is 10.1. The molecule has 1 heterocycles. The van der Waals surface area contributed by atoms with Gasteiger partial charge in [-0.05, 0) is 38.8 Å². The summed E-state index contributed by atoms with van der Waals surface area (Å²) >= 11 is 0. The summed E-state index contributed by atoms with van der Waals surface area (Å²) in [5.74, 6) is 0. The molecule has 0 amide bonds. The lowest BCUT2D eigenvalue weighted by Gasteiger charge is -2.32. The minimum atomic E-state index is -0.290. The van der Waals surface area contributed by atoms with Crippen molar-refractivity contribution in [3.8, 4) is 0 Å². The molecule has 1 atom stereocenters. The SMILES string of the molecule is CCCN(CC1CCCCN1)c1ccc(C)c([N+](=O)[O-])c1. The van der Waals surface area contributed by atoms with Crippen LogP contribution in [0.5, 0.6) is 0 Å². The van der Waals surface area contributed by atoms with Crippen LogP contribution in [0.4, 0.5) is 11.4 Å². The zero-order valence-electron chi connectivity index (χ0n) is 13.0. The van der Waals surface area contributed by atoms with Crippen molar-refractivity contribution in [2.45, 2.75) is 45.6 Å². The number of benzene rings is 1. The number of piperidine rings is 1. The average molecular weight is 291 g/mol. The van der Waals surface area contributed by atoms with E-state index in [1.165, 1.54) is 19.3 Å². The Kier molecular flexibility index (Phi) is 5.56. The first-order valence-electron chi connectivity index (χ1n) is 7.85. The number of nitrogens with zero attached hydrogens (tertiary/aromatic N) is 2. The highest BCUT2D eigenvalue weighted by Crippen LogP contribution is 2.26. The fourth-order valence-electron chi connectivity index (χ4n) is 2.93. The van der Waals surface area contributed by atoms with E-state index in [1.807, 2.05) is 12.1 Å². The van der Waals surface area contributed by atoms with Crippen LogP contribution in [0.15, 0.2) is 18.2 Å². The molecule has 0 aromatic heterocycles. The van der Waals surface area contributed by atoms with E-state index in [-0.39, 0.29) is 10.6 Å². The molecule has 5 heteroatoms. The van der Waals surface area contributed by atoms with E-state index in [9.17, 15) is 10.1 Å². The van der Waals surface area contributed by atoms with Gasteiger partial charge in [-0.15, -0.1) is 0 Å². The van der Waals surface area contributed by atoms with E-state index in [1.54, 1.807) is 13.0 Å². The molecule has 2 rings (SSSR count). The van der Waals surface area contributed by atoms with Crippen LogP contribution in [0.3, 0.4) is 0 Å². The maximum absolute atomic E-state index is 11.1. The Hall–Kier alpha value is -1.62. The lowest BCUT2D eigenvalue weighted by atomic mass is 10.0. The standard InChI is InChI=1S/C16H25N3O2/c1-3-10-18(12-14-6-4-5-9-17-14)15-8-7-13(2)16(11-15)19(20)21/h7-8,11,14,17H,3-6,9-10,12H2,1-2H3. The molecule has 5 nitrogen and oxygen atoms in total. The van der Waals surface area contributed by atoms with Gasteiger partial charge in [0.2, 0.25) is 0 Å². The van der Waals surface area contributed by atoms with Crippen molar-refractivity contribution in [2.75, 3.05) is 24.5 Å². The van der Waals surface area contributed by atoms with Crippen LogP contribution in [0.2, 0.25) is 0 Å². The molecule has 21 heavy (non-hydrogen) atoms. The smallest absolute Gasteiger partial charge is 0.274 e. The number of aryl methyl sites for hydroxylation is 1. The quantitative estimate of drug-likeness (QED) is 0.645. The minimum Gasteiger partial charge on any atom is -0.370 e. The Morgan fingerprint density at radius 3 is 2.86 bits per heavy atom. The highest BCUT2D eigenvalue weighted by atomic mass is 16.6. The highest BCUT2D eigenvalue weighted by molar-refractivity contribution is 5.56. The molecular formula is C16H25N3O2. The van der Waals surface area contributed by atoms with Crippen LogP contribution in [0, 0.1) is 17.0 Å². The predicted molar refractivity (Wildman–Crippen MR) is 86.0 cm³/mol. The number of nitrogens with one attached hydrogen (secondary N) is 1. The van der Waals surface area contributed by atoms with E-state index in [4.69, 9.17) is 0 Å². The van der Waals surface area contributed by atoms with Gasteiger partial charge in [0.05, 0.1) is 4.92 Å². The van der Waals surface area contributed by atoms with Gasteiger partial charge in [0, 0.05) is 36.4 Å². The van der Waals surface area contributed by atoms with Crippen molar-refractivity contribution in [2.24, 2.45) is 0 Å². The van der Waals surface area contributed by atoms with E-state index in [0.29, 0.717) is 6.04 Å². The molecule has 0 saturated carbocycles. The third-order valence-corrected chi connectivity index (χ3v) is 4.10. The minimum absolute atomic E-state index is 0.213. The summed E-state index contributed by atoms with van der Waals surface area (Å²) in [6, 6.07) is 6.06. The second kappa shape index (κ2) is 7.41. The van der Waals surface area contributed by atoms with Gasteiger partial charge >= 0.3 is 0 Å². The van der Waals surface area contributed by atoms with Crippen LogP contribution in [0.25, 0.3) is 0 Å². The Labute approximate surface area is 126 Å². The summed E-state index contributed by atoms with van der Waals surface area (Å²) in [5, 5.41) is 14.7. The van der Waals surface area contributed by atoms with Crippen molar-refractivity contribution in [3.05, 3.63) is 33.9 Å². The van der Waals surface area contributed by atoms with Crippen molar-refractivity contribution in [1.29, 1.82) is 0 Å². The molecule has 1 fully saturated rings. The molecule has 0 bridgehead atoms. The fraction of sp³-hybridized carbons (Fsp3) is 0.625. The van der Waals surface area contributed by atoms with Gasteiger partial charge in [-0.3, -0.25) is 10.1 Å². The summed E-state index contributed by atoms with van der Waals surface area (Å²) in [5.41, 5.74) is 1.89. The largest absolute Gasteiger partial charge is 0.370 e. The number of rotatable bonds is 6. The molecule has 1 aromatic carbocycles.